The maximum atomic E-state index is 12.9. The van der Waals surface area contributed by atoms with Gasteiger partial charge in [-0.2, -0.15) is 0 Å². The van der Waals surface area contributed by atoms with Crippen molar-refractivity contribution in [1.82, 2.24) is 10.6 Å². The number of ether oxygens (including phenoxy) is 13. The SMILES string of the molecule is CC(=O)N[C@H]1[C@H](O[C@H]2[C@H](O[C@@H]3O[C@@H](C)[C@@H](O)[C@@H](O)[C@@H]3O)[C@@H](NC(C)=O)C(O)O[C@@H]2CO)O[C@H](CO)[C@@H](O[C@@H]2O[C@H](CO[C@H]3O[C@H](CO)[C@@H](O)[C@H](O[C@H]4O[C@H](CO)[C@@H](O)[C@H](O)[C@@H]4O)[C@@H]3O)[C@@H](O)[C@H](O)[C@@H]2O[C@@H]2OC[C@@H](O)[C@H](O)[C@H]2O)[C@@H]1O. The van der Waals surface area contributed by atoms with E-state index in [9.17, 15) is 107 Å². The molecule has 81 heavy (non-hydrogen) atoms. The van der Waals surface area contributed by atoms with Crippen LogP contribution in [0.4, 0.5) is 0 Å². The Hall–Kier alpha value is -2.34. The lowest BCUT2D eigenvalue weighted by Crippen LogP contribution is -2.71. The number of amides is 2. The van der Waals surface area contributed by atoms with Gasteiger partial charge in [-0.3, -0.25) is 9.59 Å². The summed E-state index contributed by atoms with van der Waals surface area (Å²) in [5.74, 6) is -1.66. The fourth-order valence-corrected chi connectivity index (χ4v) is 10.3. The Morgan fingerprint density at radius 2 is 0.864 bits per heavy atom. The number of carbonyl (C=O) groups excluding carboxylic acids is 2. The summed E-state index contributed by atoms with van der Waals surface area (Å²) in [6, 6.07) is -3.49. The van der Waals surface area contributed by atoms with Crippen molar-refractivity contribution in [2.75, 3.05) is 39.6 Å². The van der Waals surface area contributed by atoms with Gasteiger partial charge in [0.1, 0.15) is 159 Å². The van der Waals surface area contributed by atoms with Crippen molar-refractivity contribution in [3.63, 3.8) is 0 Å². The topological polar surface area (TPSA) is 563 Å². The third-order valence-corrected chi connectivity index (χ3v) is 14.9. The molecule has 0 saturated carbocycles. The molecule has 0 aliphatic carbocycles. The van der Waals surface area contributed by atoms with Gasteiger partial charge in [-0.15, -0.1) is 0 Å². The molecule has 34 atom stereocenters. The lowest BCUT2D eigenvalue weighted by molar-refractivity contribution is -0.391. The summed E-state index contributed by atoms with van der Waals surface area (Å²) in [6.45, 7) is -2.19. The molecule has 36 heteroatoms. The van der Waals surface area contributed by atoms with Crippen molar-refractivity contribution in [3.8, 4) is 0 Å². The zero-order valence-electron chi connectivity index (χ0n) is 43.5. The standard InChI is InChI=1S/C45H76N2O34/c1-10-21(55)27(61)31(65)43(71-10)79-36-20(47-12(3)53)39(68)72-17(7-51)35(36)78-40-19(46-11(2)52)26(60)34(16(6-50)75-40)77-45-38(81-41-30(64)22(56)13(54)8-69-41)29(63)24(58)18(76-45)9-70-42-33(67)37(25(59)15(5-49)73-42)80-44-32(66)28(62)23(57)14(4-48)74-44/h10,13-45,48-51,54-68H,4-9H2,1-3H3,(H,46,52)(H,47,53)/t10-,13+,14+,15+,16+,17+,18+,19+,20+,21+,22-,23+,24+,25+,26+,27+,28-,29-,30+,31-,32-,33-,34+,35+,36+,37-,38-,39?,40-,41-,42-,43-,44+,45-/m0/s1. The number of rotatable bonds is 19. The van der Waals surface area contributed by atoms with Gasteiger partial charge in [0, 0.05) is 13.8 Å². The summed E-state index contributed by atoms with van der Waals surface area (Å²) in [7, 11) is 0. The molecular formula is C45H76N2O34. The summed E-state index contributed by atoms with van der Waals surface area (Å²) in [5.41, 5.74) is 0. The molecule has 7 fully saturated rings. The van der Waals surface area contributed by atoms with Crippen LogP contribution in [-0.4, -0.2) is 357 Å². The first-order valence-electron chi connectivity index (χ1n) is 25.9. The molecule has 0 aromatic rings. The van der Waals surface area contributed by atoms with Gasteiger partial charge in [-0.1, -0.05) is 0 Å². The summed E-state index contributed by atoms with van der Waals surface area (Å²) in [6.07, 6.45) is -60.3. The second kappa shape index (κ2) is 28.4. The molecule has 36 nitrogen and oxygen atoms in total. The summed E-state index contributed by atoms with van der Waals surface area (Å²) < 4.78 is 75.2. The van der Waals surface area contributed by atoms with Gasteiger partial charge in [-0.05, 0) is 6.92 Å². The van der Waals surface area contributed by atoms with Gasteiger partial charge in [-0.25, -0.2) is 0 Å². The van der Waals surface area contributed by atoms with Crippen LogP contribution in [0.5, 0.6) is 0 Å². The first-order chi connectivity index (χ1) is 38.3. The summed E-state index contributed by atoms with van der Waals surface area (Å²) in [4.78, 5) is 25.4. The Balaban J connectivity index is 1.15. The largest absolute Gasteiger partial charge is 0.394 e. The maximum Gasteiger partial charge on any atom is 0.217 e. The van der Waals surface area contributed by atoms with Crippen molar-refractivity contribution in [2.24, 2.45) is 0 Å². The van der Waals surface area contributed by atoms with E-state index in [-0.39, 0.29) is 0 Å². The first kappa shape index (κ1) is 66.2. The van der Waals surface area contributed by atoms with Crippen LogP contribution in [0, 0.1) is 0 Å². The predicted octanol–water partition coefficient (Wildman–Crippen LogP) is -14.3. The molecule has 2 amide bonds. The number of hydrogen-bond acceptors (Lipinski definition) is 34. The van der Waals surface area contributed by atoms with E-state index in [1.54, 1.807) is 0 Å². The molecule has 1 unspecified atom stereocenters. The van der Waals surface area contributed by atoms with Gasteiger partial charge in [0.25, 0.3) is 0 Å². The van der Waals surface area contributed by atoms with Crippen LogP contribution < -0.4 is 10.6 Å². The second-order valence-corrected chi connectivity index (χ2v) is 20.6. The van der Waals surface area contributed by atoms with E-state index >= 15 is 0 Å². The van der Waals surface area contributed by atoms with Crippen LogP contribution in [0.25, 0.3) is 0 Å². The van der Waals surface area contributed by atoms with E-state index in [0.717, 1.165) is 13.8 Å². The number of carbonyl (C=O) groups is 2. The molecule has 7 aliphatic heterocycles. The Labute approximate surface area is 459 Å². The quantitative estimate of drug-likeness (QED) is 0.0571. The van der Waals surface area contributed by atoms with Crippen LogP contribution in [-0.2, 0) is 71.2 Å². The van der Waals surface area contributed by atoms with Crippen LogP contribution in [0.2, 0.25) is 0 Å². The molecule has 7 aliphatic rings. The van der Waals surface area contributed by atoms with Gasteiger partial charge in [0.2, 0.25) is 11.8 Å². The van der Waals surface area contributed by atoms with Crippen LogP contribution in [0.15, 0.2) is 0 Å². The number of aliphatic hydroxyl groups excluding tert-OH is 19. The fraction of sp³-hybridized carbons (Fsp3) is 0.956. The Morgan fingerprint density at radius 3 is 1.48 bits per heavy atom. The normalized spacial score (nSPS) is 50.8. The molecular weight excluding hydrogens is 1110 g/mol. The van der Waals surface area contributed by atoms with Crippen molar-refractivity contribution in [3.05, 3.63) is 0 Å². The molecule has 21 N–H and O–H groups in total. The van der Waals surface area contributed by atoms with E-state index in [0.29, 0.717) is 0 Å². The summed E-state index contributed by atoms with van der Waals surface area (Å²) in [5, 5.41) is 209. The first-order valence-corrected chi connectivity index (χ1v) is 25.9. The third-order valence-electron chi connectivity index (χ3n) is 14.9. The lowest BCUT2D eigenvalue weighted by Gasteiger charge is -2.51. The monoisotopic (exact) mass is 1190 g/mol. The number of aliphatic hydroxyl groups is 19. The van der Waals surface area contributed by atoms with Crippen molar-refractivity contribution in [2.45, 2.75) is 229 Å². The summed E-state index contributed by atoms with van der Waals surface area (Å²) >= 11 is 0. The average Bonchev–Trinajstić information content (AvgIpc) is 3.57. The van der Waals surface area contributed by atoms with E-state index in [2.05, 4.69) is 10.6 Å². The smallest absolute Gasteiger partial charge is 0.217 e. The van der Waals surface area contributed by atoms with Crippen molar-refractivity contribution < 1.29 is 168 Å². The lowest BCUT2D eigenvalue weighted by atomic mass is 9.93. The van der Waals surface area contributed by atoms with Crippen molar-refractivity contribution in [1.29, 1.82) is 0 Å². The minimum absolute atomic E-state index is 0.648. The highest BCUT2D eigenvalue weighted by atomic mass is 16.8. The average molecular weight is 1190 g/mol. The zero-order chi connectivity index (χ0) is 59.6. The highest BCUT2D eigenvalue weighted by Crippen LogP contribution is 2.37. The van der Waals surface area contributed by atoms with E-state index in [1.807, 2.05) is 0 Å². The van der Waals surface area contributed by atoms with E-state index < -0.39 is 260 Å². The molecule has 0 radical (unpaired) electrons. The van der Waals surface area contributed by atoms with E-state index in [1.165, 1.54) is 6.92 Å². The molecule has 7 heterocycles. The fourth-order valence-electron chi connectivity index (χ4n) is 10.3. The van der Waals surface area contributed by atoms with E-state index in [4.69, 9.17) is 61.6 Å². The van der Waals surface area contributed by atoms with Crippen LogP contribution in [0.3, 0.4) is 0 Å². The molecule has 0 spiro atoms. The van der Waals surface area contributed by atoms with Gasteiger partial charge in [0.15, 0.2) is 44.0 Å². The molecule has 7 saturated heterocycles. The molecule has 0 bridgehead atoms. The minimum atomic E-state index is -2.23. The molecule has 7 rings (SSSR count). The third kappa shape index (κ3) is 14.4. The second-order valence-electron chi connectivity index (χ2n) is 20.6. The molecule has 0 aromatic heterocycles. The van der Waals surface area contributed by atoms with Gasteiger partial charge < -0.3 is 169 Å². The Morgan fingerprint density at radius 1 is 0.395 bits per heavy atom. The highest BCUT2D eigenvalue weighted by molar-refractivity contribution is 5.73. The molecule has 0 aromatic carbocycles. The van der Waals surface area contributed by atoms with Crippen LogP contribution in [0.1, 0.15) is 20.8 Å². The predicted molar refractivity (Wildman–Crippen MR) is 248 cm³/mol. The minimum Gasteiger partial charge on any atom is -0.394 e. The number of nitrogens with one attached hydrogen (secondary N) is 2. The highest BCUT2D eigenvalue weighted by Gasteiger charge is 2.58. The Bertz CT molecular complexity index is 1990. The maximum absolute atomic E-state index is 12.9. The zero-order valence-corrected chi connectivity index (χ0v) is 43.5. The van der Waals surface area contributed by atoms with Crippen molar-refractivity contribution >= 4 is 11.8 Å². The van der Waals surface area contributed by atoms with Gasteiger partial charge in [0.05, 0.1) is 45.7 Å². The molecule has 470 valence electrons. The van der Waals surface area contributed by atoms with Gasteiger partial charge >= 0.3 is 0 Å². The number of hydrogen-bond donors (Lipinski definition) is 21. The Kier molecular flexibility index (Phi) is 23.2. The van der Waals surface area contributed by atoms with Crippen LogP contribution >= 0.6 is 0 Å².